The van der Waals surface area contributed by atoms with Crippen molar-refractivity contribution in [2.45, 2.75) is 39.2 Å². The number of ether oxygens (including phenoxy) is 1. The molecule has 1 rings (SSSR count). The molecule has 0 N–H and O–H groups in total. The van der Waals surface area contributed by atoms with E-state index in [1.165, 1.54) is 24.8 Å². The molecule has 0 amide bonds. The molecular weight excluding hydrogens is 136 g/mol. The minimum atomic E-state index is 0.351. The molecule has 1 saturated carbocycles. The maximum absolute atomic E-state index is 5.57. The molecule has 1 nitrogen and oxygen atoms in total. The summed E-state index contributed by atoms with van der Waals surface area (Å²) >= 11 is 0. The molecule has 0 aromatic rings. The van der Waals surface area contributed by atoms with Crippen molar-refractivity contribution < 1.29 is 4.74 Å². The van der Waals surface area contributed by atoms with E-state index in [0.717, 1.165) is 6.61 Å². The molecule has 0 radical (unpaired) electrons. The van der Waals surface area contributed by atoms with Crippen LogP contribution in [0.2, 0.25) is 0 Å². The average molecular weight is 154 g/mol. The lowest BCUT2D eigenvalue weighted by molar-refractivity contribution is 0.0628. The van der Waals surface area contributed by atoms with Crippen LogP contribution in [0.3, 0.4) is 0 Å². The predicted molar refractivity (Wildman–Crippen MR) is 47.6 cm³/mol. The summed E-state index contributed by atoms with van der Waals surface area (Å²) in [5.41, 5.74) is 1.30. The van der Waals surface area contributed by atoms with Gasteiger partial charge in [-0.2, -0.15) is 0 Å². The summed E-state index contributed by atoms with van der Waals surface area (Å²) in [6, 6.07) is 0. The Bertz CT molecular complexity index is 138. The average Bonchev–Trinajstić information content (AvgIpc) is 1.99. The Hall–Kier alpha value is -0.300. The number of hydrogen-bond donors (Lipinski definition) is 0. The highest BCUT2D eigenvalue weighted by atomic mass is 16.5. The van der Waals surface area contributed by atoms with E-state index >= 15 is 0 Å². The van der Waals surface area contributed by atoms with Gasteiger partial charge in [0.1, 0.15) is 0 Å². The normalized spacial score (nSPS) is 32.4. The Morgan fingerprint density at radius 1 is 1.55 bits per heavy atom. The van der Waals surface area contributed by atoms with E-state index in [2.05, 4.69) is 13.5 Å². The highest BCUT2D eigenvalue weighted by Crippen LogP contribution is 2.29. The molecule has 1 heteroatoms. The Kier molecular flexibility index (Phi) is 3.13. The quantitative estimate of drug-likeness (QED) is 0.556. The van der Waals surface area contributed by atoms with E-state index in [1.807, 2.05) is 6.92 Å². The van der Waals surface area contributed by atoms with Gasteiger partial charge in [0.2, 0.25) is 0 Å². The minimum absolute atomic E-state index is 0.351. The smallest absolute Gasteiger partial charge is 0.0784 e. The molecule has 1 aliphatic carbocycles. The Labute approximate surface area is 69.4 Å². The van der Waals surface area contributed by atoms with Crippen LogP contribution in [0.1, 0.15) is 33.1 Å². The van der Waals surface area contributed by atoms with Gasteiger partial charge in [0, 0.05) is 6.61 Å². The van der Waals surface area contributed by atoms with Crippen LogP contribution in [0.4, 0.5) is 0 Å². The second-order valence-corrected chi connectivity index (χ2v) is 3.35. The first-order valence-electron chi connectivity index (χ1n) is 4.56. The Balaban J connectivity index is 2.44. The van der Waals surface area contributed by atoms with Gasteiger partial charge < -0.3 is 4.74 Å². The van der Waals surface area contributed by atoms with Crippen molar-refractivity contribution in [1.29, 1.82) is 0 Å². The lowest BCUT2D eigenvalue weighted by atomic mass is 9.84. The summed E-state index contributed by atoms with van der Waals surface area (Å²) in [4.78, 5) is 0. The molecule has 0 spiro atoms. The fourth-order valence-corrected chi connectivity index (χ4v) is 1.69. The van der Waals surface area contributed by atoms with E-state index in [4.69, 9.17) is 4.74 Å². The second kappa shape index (κ2) is 3.91. The van der Waals surface area contributed by atoms with Crippen LogP contribution in [0, 0.1) is 5.92 Å². The van der Waals surface area contributed by atoms with Gasteiger partial charge in [-0.15, -0.1) is 0 Å². The fourth-order valence-electron chi connectivity index (χ4n) is 1.69. The van der Waals surface area contributed by atoms with Gasteiger partial charge >= 0.3 is 0 Å². The van der Waals surface area contributed by atoms with Gasteiger partial charge in [-0.3, -0.25) is 0 Å². The Morgan fingerprint density at radius 2 is 2.27 bits per heavy atom. The van der Waals surface area contributed by atoms with E-state index in [-0.39, 0.29) is 0 Å². The van der Waals surface area contributed by atoms with E-state index in [0.29, 0.717) is 12.0 Å². The number of hydrogen-bond acceptors (Lipinski definition) is 1. The first-order valence-corrected chi connectivity index (χ1v) is 4.56. The predicted octanol–water partition coefficient (Wildman–Crippen LogP) is 2.77. The SMILES string of the molecule is C=C1C(C)CCCC1OCC. The zero-order valence-corrected chi connectivity index (χ0v) is 7.60. The van der Waals surface area contributed by atoms with Crippen molar-refractivity contribution in [2.24, 2.45) is 5.92 Å². The lowest BCUT2D eigenvalue weighted by Crippen LogP contribution is -2.24. The van der Waals surface area contributed by atoms with Crippen molar-refractivity contribution in [3.8, 4) is 0 Å². The third kappa shape index (κ3) is 2.06. The summed E-state index contributed by atoms with van der Waals surface area (Å²) in [5.74, 6) is 0.667. The van der Waals surface area contributed by atoms with Crippen LogP contribution in [0.25, 0.3) is 0 Å². The topological polar surface area (TPSA) is 9.23 Å². The molecule has 0 saturated heterocycles. The molecule has 64 valence electrons. The zero-order valence-electron chi connectivity index (χ0n) is 7.60. The van der Waals surface area contributed by atoms with Gasteiger partial charge in [-0.25, -0.2) is 0 Å². The third-order valence-electron chi connectivity index (χ3n) is 2.52. The molecule has 0 aliphatic heterocycles. The van der Waals surface area contributed by atoms with Gasteiger partial charge in [-0.05, 0) is 37.7 Å². The summed E-state index contributed by atoms with van der Waals surface area (Å²) in [6.45, 7) is 9.18. The summed E-state index contributed by atoms with van der Waals surface area (Å²) < 4.78 is 5.57. The Morgan fingerprint density at radius 3 is 2.91 bits per heavy atom. The maximum Gasteiger partial charge on any atom is 0.0784 e. The van der Waals surface area contributed by atoms with E-state index < -0.39 is 0 Å². The van der Waals surface area contributed by atoms with Crippen LogP contribution in [0.15, 0.2) is 12.2 Å². The van der Waals surface area contributed by atoms with Crippen molar-refractivity contribution in [1.82, 2.24) is 0 Å². The molecule has 0 bridgehead atoms. The largest absolute Gasteiger partial charge is 0.374 e. The first-order chi connectivity index (χ1) is 5.25. The fraction of sp³-hybridized carbons (Fsp3) is 0.800. The third-order valence-corrected chi connectivity index (χ3v) is 2.52. The monoisotopic (exact) mass is 154 g/mol. The van der Waals surface area contributed by atoms with Gasteiger partial charge in [-0.1, -0.05) is 13.5 Å². The molecular formula is C10H18O. The molecule has 1 fully saturated rings. The van der Waals surface area contributed by atoms with Crippen LogP contribution in [0.5, 0.6) is 0 Å². The van der Waals surface area contributed by atoms with Crippen molar-refractivity contribution in [3.05, 3.63) is 12.2 Å². The number of rotatable bonds is 2. The standard InChI is InChI=1S/C10H18O/c1-4-11-10-7-5-6-8(2)9(10)3/h8,10H,3-7H2,1-2H3. The zero-order chi connectivity index (χ0) is 8.27. The van der Waals surface area contributed by atoms with Crippen LogP contribution >= 0.6 is 0 Å². The van der Waals surface area contributed by atoms with Crippen LogP contribution < -0.4 is 0 Å². The van der Waals surface area contributed by atoms with Gasteiger partial charge in [0.25, 0.3) is 0 Å². The highest BCUT2D eigenvalue weighted by molar-refractivity contribution is 5.09. The molecule has 11 heavy (non-hydrogen) atoms. The lowest BCUT2D eigenvalue weighted by Gasteiger charge is -2.29. The molecule has 2 unspecified atom stereocenters. The molecule has 0 heterocycles. The van der Waals surface area contributed by atoms with Gasteiger partial charge in [0.15, 0.2) is 0 Å². The van der Waals surface area contributed by atoms with Crippen molar-refractivity contribution in [3.63, 3.8) is 0 Å². The van der Waals surface area contributed by atoms with Crippen molar-refractivity contribution in [2.75, 3.05) is 6.61 Å². The maximum atomic E-state index is 5.57. The first kappa shape index (κ1) is 8.79. The van der Waals surface area contributed by atoms with Crippen LogP contribution in [-0.2, 0) is 4.74 Å². The summed E-state index contributed by atoms with van der Waals surface area (Å²) in [7, 11) is 0. The molecule has 2 atom stereocenters. The second-order valence-electron chi connectivity index (χ2n) is 3.35. The van der Waals surface area contributed by atoms with Gasteiger partial charge in [0.05, 0.1) is 6.10 Å². The minimum Gasteiger partial charge on any atom is -0.374 e. The molecule has 1 aliphatic rings. The highest BCUT2D eigenvalue weighted by Gasteiger charge is 2.22. The van der Waals surface area contributed by atoms with Crippen molar-refractivity contribution >= 4 is 0 Å². The molecule has 0 aromatic carbocycles. The van der Waals surface area contributed by atoms with E-state index in [1.54, 1.807) is 0 Å². The summed E-state index contributed by atoms with van der Waals surface area (Å²) in [5, 5.41) is 0. The molecule has 0 aromatic heterocycles. The summed E-state index contributed by atoms with van der Waals surface area (Å²) in [6.07, 6.45) is 4.12. The van der Waals surface area contributed by atoms with E-state index in [9.17, 15) is 0 Å². The van der Waals surface area contributed by atoms with Crippen LogP contribution in [-0.4, -0.2) is 12.7 Å².